The van der Waals surface area contributed by atoms with E-state index in [0.717, 1.165) is 19.1 Å². The molecule has 2 amide bonds. The molecule has 1 aromatic heterocycles. The minimum absolute atomic E-state index is 0.204. The Morgan fingerprint density at radius 2 is 1.73 bits per heavy atom. The fourth-order valence-corrected chi connectivity index (χ4v) is 6.56. The molecule has 2 aromatic rings. The third-order valence-corrected chi connectivity index (χ3v) is 8.87. The minimum Gasteiger partial charge on any atom is -0.389 e. The fourth-order valence-electron chi connectivity index (χ4n) is 3.60. The number of nitrogens with zero attached hydrogens (tertiary/aromatic N) is 2. The monoisotopic (exact) mass is 648 g/mol. The van der Waals surface area contributed by atoms with E-state index < -0.39 is 73.5 Å². The summed E-state index contributed by atoms with van der Waals surface area (Å²) in [7, 11) is -5.03. The van der Waals surface area contributed by atoms with Gasteiger partial charge < -0.3 is 15.3 Å². The zero-order valence-electron chi connectivity index (χ0n) is 22.7. The zero-order valence-corrected chi connectivity index (χ0v) is 25.1. The van der Waals surface area contributed by atoms with Crippen LogP contribution in [0.3, 0.4) is 0 Å². The van der Waals surface area contributed by atoms with Crippen molar-refractivity contribution >= 4 is 44.8 Å². The van der Waals surface area contributed by atoms with E-state index >= 15 is 0 Å². The van der Waals surface area contributed by atoms with Crippen LogP contribution >= 0.6 is 22.9 Å². The van der Waals surface area contributed by atoms with Crippen molar-refractivity contribution in [2.24, 2.45) is 0 Å². The number of carbonyl (C=O) groups excluding carboxylic acids is 2. The van der Waals surface area contributed by atoms with Crippen LogP contribution in [0.15, 0.2) is 17.0 Å². The van der Waals surface area contributed by atoms with E-state index in [-0.39, 0.29) is 35.2 Å². The molecule has 0 bridgehead atoms. The molecular formula is C24H30ClF5N4O5S2. The van der Waals surface area contributed by atoms with E-state index in [1.807, 2.05) is 0 Å². The van der Waals surface area contributed by atoms with Crippen LogP contribution in [0.1, 0.15) is 73.3 Å². The highest BCUT2D eigenvalue weighted by Gasteiger charge is 2.42. The number of sulfonamides is 1. The van der Waals surface area contributed by atoms with Crippen LogP contribution in [0.4, 0.5) is 22.0 Å². The lowest BCUT2D eigenvalue weighted by Gasteiger charge is -2.21. The van der Waals surface area contributed by atoms with Gasteiger partial charge in [0, 0.05) is 30.8 Å². The van der Waals surface area contributed by atoms with Crippen molar-refractivity contribution < 1.29 is 45.1 Å². The molecule has 1 heterocycles. The smallest absolute Gasteiger partial charge is 0.389 e. The number of nitrogens with one attached hydrogen (secondary N) is 2. The first-order valence-corrected chi connectivity index (χ1v) is 15.0. The zero-order chi connectivity index (χ0) is 31.5. The summed E-state index contributed by atoms with van der Waals surface area (Å²) in [4.78, 5) is 30.1. The molecule has 41 heavy (non-hydrogen) atoms. The fraction of sp³-hybridized carbons (Fsp3) is 0.542. The third kappa shape index (κ3) is 8.34. The Balaban J connectivity index is 2.77. The van der Waals surface area contributed by atoms with Gasteiger partial charge in [0.05, 0.1) is 15.5 Å². The number of alkyl halides is 5. The van der Waals surface area contributed by atoms with E-state index in [1.54, 1.807) is 13.8 Å². The van der Waals surface area contributed by atoms with Gasteiger partial charge in [0.25, 0.3) is 18.2 Å². The number of aromatic nitrogens is 1. The number of thiazole rings is 1. The van der Waals surface area contributed by atoms with Crippen LogP contribution in [0, 0.1) is 0 Å². The second kappa shape index (κ2) is 13.3. The number of halogens is 6. The molecule has 0 saturated heterocycles. The van der Waals surface area contributed by atoms with Crippen LogP contribution in [-0.4, -0.2) is 72.7 Å². The lowest BCUT2D eigenvalue weighted by atomic mass is 10.0. The van der Waals surface area contributed by atoms with Crippen molar-refractivity contribution in [1.82, 2.24) is 19.9 Å². The van der Waals surface area contributed by atoms with Gasteiger partial charge in [-0.1, -0.05) is 24.6 Å². The molecule has 17 heteroatoms. The lowest BCUT2D eigenvalue weighted by Crippen LogP contribution is -2.44. The Kier molecular flexibility index (Phi) is 11.3. The average Bonchev–Trinajstić information content (AvgIpc) is 3.30. The van der Waals surface area contributed by atoms with Crippen molar-refractivity contribution in [3.05, 3.63) is 33.4 Å². The molecule has 1 aromatic carbocycles. The van der Waals surface area contributed by atoms with Crippen molar-refractivity contribution in [3.63, 3.8) is 0 Å². The highest BCUT2D eigenvalue weighted by Crippen LogP contribution is 2.43. The molecule has 1 atom stereocenters. The van der Waals surface area contributed by atoms with Crippen LogP contribution < -0.4 is 10.0 Å². The second-order valence-electron chi connectivity index (χ2n) is 9.43. The first-order valence-electron chi connectivity index (χ1n) is 12.3. The first kappa shape index (κ1) is 34.8. The summed E-state index contributed by atoms with van der Waals surface area (Å²) in [6, 6.07) is -0.876. The Labute approximate surface area is 243 Å². The topological polar surface area (TPSA) is 129 Å². The Morgan fingerprint density at radius 3 is 2.20 bits per heavy atom. The maximum Gasteiger partial charge on any atom is 0.404 e. The molecule has 0 fully saturated rings. The molecule has 9 nitrogen and oxygen atoms in total. The van der Waals surface area contributed by atoms with E-state index in [2.05, 4.69) is 10.3 Å². The molecule has 0 aliphatic rings. The van der Waals surface area contributed by atoms with Crippen molar-refractivity contribution in [2.75, 3.05) is 19.6 Å². The van der Waals surface area contributed by atoms with E-state index in [0.29, 0.717) is 11.3 Å². The van der Waals surface area contributed by atoms with Crippen molar-refractivity contribution in [1.29, 1.82) is 0 Å². The SMILES string of the molecule is CC[C@H](NS(=O)(=O)c1ccc(-c2sc(C(=O)NCC(C)(C)O)nc2C(=O)N(CC)CC)c(C(F)F)c1Cl)C(F)(F)F. The summed E-state index contributed by atoms with van der Waals surface area (Å²) in [5, 5.41) is 11.0. The van der Waals surface area contributed by atoms with Crippen molar-refractivity contribution in [3.8, 4) is 10.4 Å². The highest BCUT2D eigenvalue weighted by atomic mass is 35.5. The molecule has 0 aliphatic heterocycles. The van der Waals surface area contributed by atoms with Gasteiger partial charge in [0.15, 0.2) is 5.01 Å². The quantitative estimate of drug-likeness (QED) is 0.278. The molecule has 3 N–H and O–H groups in total. The predicted molar refractivity (Wildman–Crippen MR) is 144 cm³/mol. The van der Waals surface area contributed by atoms with Gasteiger partial charge in [0.1, 0.15) is 16.6 Å². The van der Waals surface area contributed by atoms with Crippen LogP contribution in [0.2, 0.25) is 5.02 Å². The predicted octanol–water partition coefficient (Wildman–Crippen LogP) is 5.00. The van der Waals surface area contributed by atoms with Crippen molar-refractivity contribution in [2.45, 2.75) is 70.2 Å². The normalized spacial score (nSPS) is 13.4. The summed E-state index contributed by atoms with van der Waals surface area (Å²) in [5.74, 6) is -1.53. The van der Waals surface area contributed by atoms with E-state index in [4.69, 9.17) is 11.6 Å². The van der Waals surface area contributed by atoms with Gasteiger partial charge in [-0.2, -0.15) is 17.9 Å². The van der Waals surface area contributed by atoms with E-state index in [9.17, 15) is 45.1 Å². The lowest BCUT2D eigenvalue weighted by molar-refractivity contribution is -0.151. The Bertz CT molecular complexity index is 1370. The molecule has 0 aliphatic carbocycles. The highest BCUT2D eigenvalue weighted by molar-refractivity contribution is 7.89. The maximum absolute atomic E-state index is 14.4. The molecule has 230 valence electrons. The Morgan fingerprint density at radius 1 is 1.15 bits per heavy atom. The number of rotatable bonds is 12. The summed E-state index contributed by atoms with van der Waals surface area (Å²) in [6.45, 7) is 7.45. The second-order valence-corrected chi connectivity index (χ2v) is 12.5. The molecular weight excluding hydrogens is 619 g/mol. The largest absolute Gasteiger partial charge is 0.404 e. The van der Waals surface area contributed by atoms with Crippen LogP contribution in [0.5, 0.6) is 0 Å². The maximum atomic E-state index is 14.4. The molecule has 0 spiro atoms. The number of carbonyl (C=O) groups is 2. The number of aliphatic hydroxyl groups is 1. The molecule has 0 saturated carbocycles. The van der Waals surface area contributed by atoms with Gasteiger partial charge >= 0.3 is 6.18 Å². The average molecular weight is 649 g/mol. The Hall–Kier alpha value is -2.40. The summed E-state index contributed by atoms with van der Waals surface area (Å²) in [5.41, 5.74) is -3.19. The van der Waals surface area contributed by atoms with Gasteiger partial charge in [-0.05, 0) is 40.2 Å². The summed E-state index contributed by atoms with van der Waals surface area (Å²) < 4.78 is 95.5. The number of benzene rings is 1. The van der Waals surface area contributed by atoms with Gasteiger partial charge in [-0.25, -0.2) is 22.2 Å². The molecule has 0 radical (unpaired) electrons. The number of hydrogen-bond donors (Lipinski definition) is 3. The third-order valence-electron chi connectivity index (χ3n) is 5.75. The minimum atomic E-state index is -5.03. The van der Waals surface area contributed by atoms with Gasteiger partial charge in [-0.3, -0.25) is 9.59 Å². The van der Waals surface area contributed by atoms with Crippen LogP contribution in [0.25, 0.3) is 10.4 Å². The number of hydrogen-bond acceptors (Lipinski definition) is 7. The van der Waals surface area contributed by atoms with E-state index in [1.165, 1.54) is 23.5 Å². The summed E-state index contributed by atoms with van der Waals surface area (Å²) >= 11 is 6.66. The van der Waals surface area contributed by atoms with Gasteiger partial charge in [0.2, 0.25) is 10.0 Å². The standard InChI is InChI=1S/C24H30ClF5N4O5S2/c1-6-14(24(28,29)30)33-41(38,39)13-10-9-12(15(16(13)25)19(26)27)18-17(22(36)34(7-2)8-3)32-21(40-18)20(35)31-11-23(4,5)37/h9-10,14,19,33,37H,6-8,11H2,1-5H3,(H,31,35)/t14-/m0/s1. The molecule has 0 unspecified atom stereocenters. The van der Waals surface area contributed by atoms with Gasteiger partial charge in [-0.15, -0.1) is 11.3 Å². The first-order chi connectivity index (χ1) is 18.8. The summed E-state index contributed by atoms with van der Waals surface area (Å²) in [6.07, 6.45) is -9.07. The van der Waals surface area contributed by atoms with Crippen LogP contribution in [-0.2, 0) is 10.0 Å². The molecule has 2 rings (SSSR count). The number of amides is 2.